The van der Waals surface area contributed by atoms with E-state index in [1.54, 1.807) is 0 Å². The van der Waals surface area contributed by atoms with Crippen molar-refractivity contribution in [1.29, 1.82) is 0 Å². The summed E-state index contributed by atoms with van der Waals surface area (Å²) in [4.78, 5) is 0. The van der Waals surface area contributed by atoms with Gasteiger partial charge in [0.1, 0.15) is 52.4 Å². The minimum atomic E-state index is 0. The normalized spacial score (nSPS) is 18.3. The van der Waals surface area contributed by atoms with Crippen molar-refractivity contribution in [3.05, 3.63) is 0 Å². The zero-order valence-corrected chi connectivity index (χ0v) is 32.3. The number of nitrogens with zero attached hydrogens (tertiary/aromatic N) is 4. The first-order valence-electron chi connectivity index (χ1n) is 17.0. The highest BCUT2D eigenvalue weighted by atomic mass is 79.9. The lowest BCUT2D eigenvalue weighted by Gasteiger charge is -2.40. The first-order chi connectivity index (χ1) is 19.3. The second kappa shape index (κ2) is 24.8. The van der Waals surface area contributed by atoms with Gasteiger partial charge in [-0.2, -0.15) is 0 Å². The molecule has 0 aromatic rings. The van der Waals surface area contributed by atoms with Crippen LogP contribution in [-0.4, -0.2) is 176 Å². The SMILES string of the molecule is CC[N+](CC)(CC)CCOCC[N+]1(CC)CCOCC1.CC[N+](CC)(CC)CCOCC[N+]1(CC)CCOCC1.[Br-].[Br-]. The molecule has 0 amide bonds. The van der Waals surface area contributed by atoms with Gasteiger partial charge < -0.3 is 70.8 Å². The van der Waals surface area contributed by atoms with E-state index in [0.717, 1.165) is 105 Å². The molecule has 8 nitrogen and oxygen atoms in total. The summed E-state index contributed by atoms with van der Waals surface area (Å²) in [7, 11) is 0. The van der Waals surface area contributed by atoms with E-state index in [2.05, 4.69) is 55.4 Å². The van der Waals surface area contributed by atoms with Crippen LogP contribution >= 0.6 is 0 Å². The van der Waals surface area contributed by atoms with Crippen LogP contribution in [0.25, 0.3) is 0 Å². The first-order valence-corrected chi connectivity index (χ1v) is 17.0. The second-order valence-electron chi connectivity index (χ2n) is 12.1. The summed E-state index contributed by atoms with van der Waals surface area (Å²) < 4.78 is 27.6. The number of likely N-dealkylation sites (N-methyl/N-ethyl adjacent to an activating group) is 4. The minimum Gasteiger partial charge on any atom is -1.00 e. The van der Waals surface area contributed by atoms with Crippen LogP contribution in [0, 0.1) is 0 Å². The molecule has 0 aliphatic carbocycles. The molecule has 2 fully saturated rings. The maximum Gasteiger partial charge on any atom is 0.103 e. The van der Waals surface area contributed by atoms with Crippen molar-refractivity contribution in [2.45, 2.75) is 55.4 Å². The summed E-state index contributed by atoms with van der Waals surface area (Å²) in [6, 6.07) is 0. The molecule has 0 saturated carbocycles. The predicted octanol–water partition coefficient (Wildman–Crippen LogP) is -2.50. The Labute approximate surface area is 282 Å². The van der Waals surface area contributed by atoms with Gasteiger partial charge in [-0.25, -0.2) is 0 Å². The number of rotatable bonds is 20. The third-order valence-corrected chi connectivity index (χ3v) is 11.0. The van der Waals surface area contributed by atoms with Gasteiger partial charge in [0.25, 0.3) is 0 Å². The Morgan fingerprint density at radius 2 is 0.762 bits per heavy atom. The third-order valence-electron chi connectivity index (χ3n) is 11.0. The molecular formula is C32H72Br2N4O4+2. The molecule has 42 heavy (non-hydrogen) atoms. The largest absolute Gasteiger partial charge is 1.00 e. The molecule has 2 saturated heterocycles. The summed E-state index contributed by atoms with van der Waals surface area (Å²) >= 11 is 0. The van der Waals surface area contributed by atoms with Crippen LogP contribution in [-0.2, 0) is 18.9 Å². The van der Waals surface area contributed by atoms with E-state index >= 15 is 0 Å². The maximum absolute atomic E-state index is 5.95. The fraction of sp³-hybridized carbons (Fsp3) is 1.00. The Balaban J connectivity index is 0. The highest BCUT2D eigenvalue weighted by Gasteiger charge is 2.29. The van der Waals surface area contributed by atoms with Gasteiger partial charge in [-0.3, -0.25) is 0 Å². The third kappa shape index (κ3) is 15.3. The van der Waals surface area contributed by atoms with Crippen molar-refractivity contribution < 1.29 is 70.8 Å². The van der Waals surface area contributed by atoms with E-state index in [9.17, 15) is 0 Å². The lowest BCUT2D eigenvalue weighted by atomic mass is 10.3. The smallest absolute Gasteiger partial charge is 0.103 e. The van der Waals surface area contributed by atoms with E-state index in [1.807, 2.05) is 0 Å². The number of quaternary nitrogens is 4. The van der Waals surface area contributed by atoms with Crippen molar-refractivity contribution in [3.63, 3.8) is 0 Å². The Bertz CT molecular complexity index is 545. The molecule has 0 radical (unpaired) electrons. The van der Waals surface area contributed by atoms with E-state index in [1.165, 1.54) is 70.3 Å². The number of morpholine rings is 2. The predicted molar refractivity (Wildman–Crippen MR) is 168 cm³/mol. The maximum atomic E-state index is 5.95. The lowest BCUT2D eigenvalue weighted by molar-refractivity contribution is -0.934. The Hall–Kier alpha value is 0.640. The molecule has 0 aromatic carbocycles. The van der Waals surface area contributed by atoms with E-state index in [-0.39, 0.29) is 34.0 Å². The molecule has 256 valence electrons. The Kier molecular flexibility index (Phi) is 26.5. The molecule has 2 aliphatic heterocycles. The van der Waals surface area contributed by atoms with Gasteiger partial charge in [0.15, 0.2) is 0 Å². The molecule has 10 heteroatoms. The summed E-state index contributed by atoms with van der Waals surface area (Å²) in [6.07, 6.45) is 0. The van der Waals surface area contributed by atoms with Gasteiger partial charge >= 0.3 is 0 Å². The van der Waals surface area contributed by atoms with Crippen LogP contribution in [0.4, 0.5) is 0 Å². The Morgan fingerprint density at radius 1 is 0.476 bits per heavy atom. The van der Waals surface area contributed by atoms with Crippen LogP contribution in [0.1, 0.15) is 55.4 Å². The average molecular weight is 737 g/mol. The van der Waals surface area contributed by atoms with Crippen molar-refractivity contribution in [1.82, 2.24) is 0 Å². The monoisotopic (exact) mass is 734 g/mol. The van der Waals surface area contributed by atoms with Crippen molar-refractivity contribution in [2.24, 2.45) is 0 Å². The summed E-state index contributed by atoms with van der Waals surface area (Å²) in [5.41, 5.74) is 0. The molecule has 2 rings (SSSR count). The van der Waals surface area contributed by atoms with Crippen molar-refractivity contribution >= 4 is 0 Å². The number of ether oxygens (including phenoxy) is 4. The van der Waals surface area contributed by atoms with Gasteiger partial charge in [-0.05, 0) is 55.4 Å². The highest BCUT2D eigenvalue weighted by molar-refractivity contribution is 4.51. The Morgan fingerprint density at radius 3 is 1.00 bits per heavy atom. The molecule has 0 aromatic heterocycles. The number of hydrogen-bond acceptors (Lipinski definition) is 4. The van der Waals surface area contributed by atoms with Gasteiger partial charge in [0.2, 0.25) is 0 Å². The topological polar surface area (TPSA) is 36.9 Å². The summed E-state index contributed by atoms with van der Waals surface area (Å²) in [5.74, 6) is 0. The zero-order chi connectivity index (χ0) is 29.8. The lowest BCUT2D eigenvalue weighted by Crippen LogP contribution is -3.00. The average Bonchev–Trinajstić information content (AvgIpc) is 3.02. The minimum absolute atomic E-state index is 0. The van der Waals surface area contributed by atoms with Gasteiger partial charge in [0, 0.05) is 0 Å². The van der Waals surface area contributed by atoms with Gasteiger partial charge in [-0.15, -0.1) is 0 Å². The molecule has 0 N–H and O–H groups in total. The van der Waals surface area contributed by atoms with E-state index in [0.29, 0.717) is 0 Å². The van der Waals surface area contributed by atoms with Crippen molar-refractivity contribution in [3.8, 4) is 0 Å². The van der Waals surface area contributed by atoms with E-state index < -0.39 is 0 Å². The molecule has 0 atom stereocenters. The van der Waals surface area contributed by atoms with Gasteiger partial charge in [0.05, 0.1) is 105 Å². The zero-order valence-electron chi connectivity index (χ0n) is 29.1. The van der Waals surface area contributed by atoms with Gasteiger partial charge in [-0.1, -0.05) is 0 Å². The fourth-order valence-electron chi connectivity index (χ4n) is 6.38. The molecule has 0 bridgehead atoms. The fourth-order valence-corrected chi connectivity index (χ4v) is 6.38. The van der Waals surface area contributed by atoms with Crippen LogP contribution in [0.3, 0.4) is 0 Å². The number of hydrogen-bond donors (Lipinski definition) is 0. The molecular weight excluding hydrogens is 664 g/mol. The highest BCUT2D eigenvalue weighted by Crippen LogP contribution is 2.12. The van der Waals surface area contributed by atoms with E-state index in [4.69, 9.17) is 18.9 Å². The standard InChI is InChI=1S/2C16H36N2O2.2BrH/c2*1-5-17(6-2,7-3)9-13-19-14-10-18(8-4)11-15-20-16-12-18;;/h2*5-16H2,1-4H3;2*1H/q2*+2;;/p-2. The second-order valence-corrected chi connectivity index (χ2v) is 12.1. The van der Waals surface area contributed by atoms with Crippen LogP contribution in [0.2, 0.25) is 0 Å². The molecule has 2 aliphatic rings. The van der Waals surface area contributed by atoms with Crippen LogP contribution in [0.15, 0.2) is 0 Å². The van der Waals surface area contributed by atoms with Crippen LogP contribution < -0.4 is 34.0 Å². The molecule has 0 unspecified atom stereocenters. The summed E-state index contributed by atoms with van der Waals surface area (Å²) in [5, 5.41) is 0. The number of halogens is 2. The quantitative estimate of drug-likeness (QED) is 0.103. The van der Waals surface area contributed by atoms with Crippen LogP contribution in [0.5, 0.6) is 0 Å². The first kappa shape index (κ1) is 44.8. The molecule has 0 spiro atoms. The molecule has 2 heterocycles. The summed E-state index contributed by atoms with van der Waals surface area (Å²) in [6.45, 7) is 44.4. The van der Waals surface area contributed by atoms with Crippen molar-refractivity contribution in [2.75, 3.05) is 158 Å².